The summed E-state index contributed by atoms with van der Waals surface area (Å²) in [6, 6.07) is 32.0. The summed E-state index contributed by atoms with van der Waals surface area (Å²) in [6.45, 7) is 5.91. The summed E-state index contributed by atoms with van der Waals surface area (Å²) in [4.78, 5) is 0. The summed E-state index contributed by atoms with van der Waals surface area (Å²) in [5.74, 6) is 0. The zero-order chi connectivity index (χ0) is 20.6. The fraction of sp³-hybridized carbons (Fsp3) is 0.308. The van der Waals surface area contributed by atoms with Crippen LogP contribution in [0.1, 0.15) is 11.1 Å². The van der Waals surface area contributed by atoms with Crippen molar-refractivity contribution in [2.75, 3.05) is 20.3 Å². The number of methoxy groups -OCH3 is 1. The molecule has 0 N–H and O–H groups in total. The molecule has 0 aromatic heterocycles. The van der Waals surface area contributed by atoms with Gasteiger partial charge in [0, 0.05) is 19.1 Å². The van der Waals surface area contributed by atoms with Crippen LogP contribution in [0.3, 0.4) is 0 Å². The maximum atomic E-state index is 6.74. The first-order valence-corrected chi connectivity index (χ1v) is 13.2. The van der Waals surface area contributed by atoms with Gasteiger partial charge in [-0.05, 0) is 42.2 Å². The van der Waals surface area contributed by atoms with E-state index in [0.717, 1.165) is 12.8 Å². The fourth-order valence-corrected chi connectivity index (χ4v) is 5.76. The molecule has 152 valence electrons. The lowest BCUT2D eigenvalue weighted by Gasteiger charge is -2.37. The van der Waals surface area contributed by atoms with E-state index in [1.165, 1.54) is 16.3 Å². The van der Waals surface area contributed by atoms with Crippen molar-refractivity contribution in [1.29, 1.82) is 0 Å². The van der Waals surface area contributed by atoms with E-state index in [4.69, 9.17) is 9.16 Å². The van der Waals surface area contributed by atoms with E-state index < -0.39 is 8.32 Å². The van der Waals surface area contributed by atoms with Gasteiger partial charge in [0.25, 0.3) is 0 Å². The molecule has 2 nitrogen and oxygen atoms in total. The lowest BCUT2D eigenvalue weighted by molar-refractivity contribution is 0.0362. The molecule has 0 heterocycles. The fourth-order valence-electron chi connectivity index (χ4n) is 3.93. The van der Waals surface area contributed by atoms with Gasteiger partial charge in [0.15, 0.2) is 0 Å². The minimum absolute atomic E-state index is 0.115. The quantitative estimate of drug-likeness (QED) is 0.431. The second-order valence-corrected chi connectivity index (χ2v) is 12.3. The molecule has 0 aliphatic rings. The standard InChI is InChI=1S/C26H32O2Si/c1-27-21-26(19-23-13-7-4-8-14-23,20-24-15-9-5-10-16-24)22-28-29(2,3)25-17-11-6-12-18-25/h4-18H,19-22H2,1-3H3. The molecule has 3 aromatic rings. The summed E-state index contributed by atoms with van der Waals surface area (Å²) >= 11 is 0. The number of ether oxygens (including phenoxy) is 1. The largest absolute Gasteiger partial charge is 0.412 e. The zero-order valence-corrected chi connectivity index (χ0v) is 18.8. The van der Waals surface area contributed by atoms with Crippen LogP contribution in [0.15, 0.2) is 91.0 Å². The van der Waals surface area contributed by atoms with Crippen molar-refractivity contribution in [3.63, 3.8) is 0 Å². The van der Waals surface area contributed by atoms with Crippen molar-refractivity contribution >= 4 is 13.5 Å². The second-order valence-electron chi connectivity index (χ2n) is 8.42. The molecule has 0 bridgehead atoms. The Morgan fingerprint density at radius 3 is 1.55 bits per heavy atom. The van der Waals surface area contributed by atoms with Crippen LogP contribution in [0.5, 0.6) is 0 Å². The van der Waals surface area contributed by atoms with Gasteiger partial charge in [-0.3, -0.25) is 0 Å². The Hall–Kier alpha value is -2.20. The minimum atomic E-state index is -2.01. The normalized spacial score (nSPS) is 12.1. The first-order valence-electron chi connectivity index (χ1n) is 10.3. The predicted octanol–water partition coefficient (Wildman–Crippen LogP) is 5.23. The molecule has 0 amide bonds. The highest BCUT2D eigenvalue weighted by atomic mass is 28.4. The minimum Gasteiger partial charge on any atom is -0.412 e. The summed E-state index contributed by atoms with van der Waals surface area (Å²) in [7, 11) is -0.212. The molecule has 0 radical (unpaired) electrons. The number of hydrogen-bond acceptors (Lipinski definition) is 2. The first kappa shape index (κ1) is 21.5. The molecular formula is C26H32O2Si. The Balaban J connectivity index is 1.87. The van der Waals surface area contributed by atoms with Crippen molar-refractivity contribution in [3.8, 4) is 0 Å². The van der Waals surface area contributed by atoms with E-state index in [-0.39, 0.29) is 5.41 Å². The van der Waals surface area contributed by atoms with Crippen LogP contribution in [-0.2, 0) is 22.0 Å². The van der Waals surface area contributed by atoms with Crippen LogP contribution in [0, 0.1) is 5.41 Å². The summed E-state index contributed by atoms with van der Waals surface area (Å²) < 4.78 is 12.5. The Kier molecular flexibility index (Phi) is 7.43. The summed E-state index contributed by atoms with van der Waals surface area (Å²) in [6.07, 6.45) is 1.85. The third-order valence-electron chi connectivity index (χ3n) is 5.50. The van der Waals surface area contributed by atoms with Gasteiger partial charge < -0.3 is 9.16 Å². The van der Waals surface area contributed by atoms with E-state index in [0.29, 0.717) is 13.2 Å². The van der Waals surface area contributed by atoms with Crippen molar-refractivity contribution in [3.05, 3.63) is 102 Å². The van der Waals surface area contributed by atoms with Crippen molar-refractivity contribution in [2.24, 2.45) is 5.41 Å². The number of hydrogen-bond donors (Lipinski definition) is 0. The zero-order valence-electron chi connectivity index (χ0n) is 17.8. The van der Waals surface area contributed by atoms with Crippen molar-refractivity contribution in [2.45, 2.75) is 25.9 Å². The van der Waals surface area contributed by atoms with E-state index in [9.17, 15) is 0 Å². The van der Waals surface area contributed by atoms with E-state index in [1.807, 2.05) is 0 Å². The number of benzene rings is 3. The van der Waals surface area contributed by atoms with Crippen LogP contribution in [0.2, 0.25) is 13.1 Å². The third kappa shape index (κ3) is 6.14. The van der Waals surface area contributed by atoms with Crippen LogP contribution >= 0.6 is 0 Å². The van der Waals surface area contributed by atoms with E-state index in [2.05, 4.69) is 104 Å². The molecule has 0 saturated heterocycles. The van der Waals surface area contributed by atoms with Gasteiger partial charge in [-0.15, -0.1) is 0 Å². The first-order chi connectivity index (χ1) is 14.0. The van der Waals surface area contributed by atoms with Gasteiger partial charge in [-0.1, -0.05) is 91.0 Å². The second kappa shape index (κ2) is 10.0. The molecule has 0 atom stereocenters. The van der Waals surface area contributed by atoms with Gasteiger partial charge >= 0.3 is 0 Å². The van der Waals surface area contributed by atoms with Crippen LogP contribution in [0.25, 0.3) is 0 Å². The average molecular weight is 405 g/mol. The predicted molar refractivity (Wildman–Crippen MR) is 124 cm³/mol. The van der Waals surface area contributed by atoms with Crippen molar-refractivity contribution < 1.29 is 9.16 Å². The smallest absolute Gasteiger partial charge is 0.218 e. The topological polar surface area (TPSA) is 18.5 Å². The highest BCUT2D eigenvalue weighted by molar-refractivity contribution is 6.84. The third-order valence-corrected chi connectivity index (χ3v) is 8.09. The van der Waals surface area contributed by atoms with E-state index >= 15 is 0 Å². The number of rotatable bonds is 10. The maximum absolute atomic E-state index is 6.74. The average Bonchev–Trinajstić information content (AvgIpc) is 2.75. The SMILES string of the molecule is COCC(CO[Si](C)(C)c1ccccc1)(Cc1ccccc1)Cc1ccccc1. The lowest BCUT2D eigenvalue weighted by Crippen LogP contribution is -2.49. The molecule has 0 spiro atoms. The Morgan fingerprint density at radius 2 is 1.10 bits per heavy atom. The monoisotopic (exact) mass is 404 g/mol. The molecule has 0 unspecified atom stereocenters. The van der Waals surface area contributed by atoms with E-state index in [1.54, 1.807) is 7.11 Å². The highest BCUT2D eigenvalue weighted by Crippen LogP contribution is 2.30. The lowest BCUT2D eigenvalue weighted by atomic mass is 9.78. The Morgan fingerprint density at radius 1 is 0.655 bits per heavy atom. The molecule has 3 aromatic carbocycles. The maximum Gasteiger partial charge on any atom is 0.218 e. The molecule has 0 saturated carbocycles. The van der Waals surface area contributed by atoms with Gasteiger partial charge in [0.2, 0.25) is 8.32 Å². The Bertz CT molecular complexity index is 806. The summed E-state index contributed by atoms with van der Waals surface area (Å²) in [5.41, 5.74) is 2.53. The van der Waals surface area contributed by atoms with Gasteiger partial charge in [-0.2, -0.15) is 0 Å². The molecule has 0 aliphatic carbocycles. The molecule has 29 heavy (non-hydrogen) atoms. The van der Waals surface area contributed by atoms with Gasteiger partial charge in [0.05, 0.1) is 6.61 Å². The molecule has 0 fully saturated rings. The van der Waals surface area contributed by atoms with Crippen molar-refractivity contribution in [1.82, 2.24) is 0 Å². The molecular weight excluding hydrogens is 372 g/mol. The van der Waals surface area contributed by atoms with Gasteiger partial charge in [0.1, 0.15) is 0 Å². The van der Waals surface area contributed by atoms with Crippen LogP contribution in [-0.4, -0.2) is 28.6 Å². The van der Waals surface area contributed by atoms with Crippen LogP contribution < -0.4 is 5.19 Å². The van der Waals surface area contributed by atoms with Gasteiger partial charge in [-0.25, -0.2) is 0 Å². The Labute approximate surface area is 176 Å². The molecule has 0 aliphatic heterocycles. The molecule has 3 rings (SSSR count). The van der Waals surface area contributed by atoms with Crippen LogP contribution in [0.4, 0.5) is 0 Å². The molecule has 3 heteroatoms. The summed E-state index contributed by atoms with van der Waals surface area (Å²) in [5, 5.41) is 1.32. The highest BCUT2D eigenvalue weighted by Gasteiger charge is 2.35.